The Bertz CT molecular complexity index is 423. The second-order valence-electron chi connectivity index (χ2n) is 4.04. The number of nitrogens with one attached hydrogen (secondary N) is 1. The molecule has 0 saturated carbocycles. The fourth-order valence-corrected chi connectivity index (χ4v) is 1.43. The minimum atomic E-state index is -1.08. The zero-order valence-electron chi connectivity index (χ0n) is 10.7. The second kappa shape index (κ2) is 6.21. The number of benzene rings is 1. The van der Waals surface area contributed by atoms with E-state index in [1.54, 1.807) is 38.2 Å². The van der Waals surface area contributed by atoms with Crippen molar-refractivity contribution in [1.82, 2.24) is 5.32 Å². The Hall–Kier alpha value is -1.82. The molecule has 0 heterocycles. The van der Waals surface area contributed by atoms with Crippen molar-refractivity contribution in [2.45, 2.75) is 18.9 Å². The lowest BCUT2D eigenvalue weighted by atomic mass is 9.98. The first-order valence-electron chi connectivity index (χ1n) is 5.55. The van der Waals surface area contributed by atoms with Gasteiger partial charge in [-0.3, -0.25) is 9.59 Å². The van der Waals surface area contributed by atoms with Crippen molar-refractivity contribution in [3.63, 3.8) is 0 Å². The summed E-state index contributed by atoms with van der Waals surface area (Å²) in [6.45, 7) is 1.59. The smallest absolute Gasteiger partial charge is 0.326 e. The third-order valence-corrected chi connectivity index (χ3v) is 2.66. The van der Waals surface area contributed by atoms with Crippen molar-refractivity contribution in [3.8, 4) is 5.75 Å². The molecule has 0 radical (unpaired) electrons. The van der Waals surface area contributed by atoms with Gasteiger partial charge in [-0.1, -0.05) is 18.2 Å². The summed E-state index contributed by atoms with van der Waals surface area (Å²) in [6, 6.07) is 8.70. The van der Waals surface area contributed by atoms with E-state index in [1.807, 2.05) is 6.07 Å². The lowest BCUT2D eigenvalue weighted by Gasteiger charge is -2.25. The molecule has 0 saturated heterocycles. The SMILES string of the molecule is BOC(=O)[C@](C)(CC(=O)Oc1ccccc1)NC. The van der Waals surface area contributed by atoms with Crippen molar-refractivity contribution < 1.29 is 19.0 Å². The molecule has 1 rings (SSSR count). The van der Waals surface area contributed by atoms with Gasteiger partial charge in [-0.25, -0.2) is 0 Å². The third-order valence-electron chi connectivity index (χ3n) is 2.66. The summed E-state index contributed by atoms with van der Waals surface area (Å²) in [5, 5.41) is 2.77. The first-order valence-corrected chi connectivity index (χ1v) is 5.55. The minimum Gasteiger partial charge on any atom is -0.542 e. The second-order valence-corrected chi connectivity index (χ2v) is 4.04. The van der Waals surface area contributed by atoms with Crippen LogP contribution in [0.4, 0.5) is 0 Å². The Morgan fingerprint density at radius 1 is 1.33 bits per heavy atom. The van der Waals surface area contributed by atoms with Crippen LogP contribution in [0.5, 0.6) is 5.75 Å². The number of carbonyl (C=O) groups excluding carboxylic acids is 2. The summed E-state index contributed by atoms with van der Waals surface area (Å²) >= 11 is 0. The minimum absolute atomic E-state index is 0.106. The maximum Gasteiger partial charge on any atom is 0.326 e. The number of carbonyl (C=O) groups is 2. The van der Waals surface area contributed by atoms with E-state index in [0.717, 1.165) is 0 Å². The molecule has 1 aromatic rings. The lowest BCUT2D eigenvalue weighted by Crippen LogP contribution is -2.50. The highest BCUT2D eigenvalue weighted by molar-refractivity contribution is 6.07. The van der Waals surface area contributed by atoms with Crippen molar-refractivity contribution in [3.05, 3.63) is 30.3 Å². The van der Waals surface area contributed by atoms with Crippen LogP contribution in [-0.2, 0) is 14.2 Å². The van der Waals surface area contributed by atoms with E-state index in [-0.39, 0.29) is 6.42 Å². The van der Waals surface area contributed by atoms with Crippen molar-refractivity contribution in [2.24, 2.45) is 0 Å². The van der Waals surface area contributed by atoms with E-state index in [2.05, 4.69) is 9.97 Å². The van der Waals surface area contributed by atoms with Gasteiger partial charge >= 0.3 is 20.0 Å². The summed E-state index contributed by atoms with van der Waals surface area (Å²) in [4.78, 5) is 23.3. The molecule has 0 spiro atoms. The van der Waals surface area contributed by atoms with Gasteiger partial charge in [-0.05, 0) is 26.1 Å². The van der Waals surface area contributed by atoms with E-state index in [4.69, 9.17) is 4.74 Å². The van der Waals surface area contributed by atoms with Crippen LogP contribution < -0.4 is 10.1 Å². The first kappa shape index (κ1) is 14.2. The van der Waals surface area contributed by atoms with Crippen LogP contribution in [0.3, 0.4) is 0 Å². The summed E-state index contributed by atoms with van der Waals surface area (Å²) in [6.07, 6.45) is -0.106. The Kier molecular flexibility index (Phi) is 4.91. The highest BCUT2D eigenvalue weighted by Gasteiger charge is 2.35. The predicted octanol–water partition coefficient (Wildman–Crippen LogP) is 0.0515. The fraction of sp³-hybridized carbons (Fsp3) is 0.333. The van der Waals surface area contributed by atoms with Crippen LogP contribution in [0.1, 0.15) is 13.3 Å². The predicted molar refractivity (Wildman–Crippen MR) is 68.8 cm³/mol. The monoisotopic (exact) mass is 249 g/mol. The van der Waals surface area contributed by atoms with Crippen LogP contribution in [0.15, 0.2) is 30.3 Å². The van der Waals surface area contributed by atoms with E-state index in [9.17, 15) is 9.59 Å². The first-order chi connectivity index (χ1) is 8.51. The molecule has 0 aliphatic rings. The molecular formula is C12H16BNO4. The largest absolute Gasteiger partial charge is 0.542 e. The van der Waals surface area contributed by atoms with E-state index >= 15 is 0 Å². The van der Waals surface area contributed by atoms with Crippen molar-refractivity contribution >= 4 is 20.0 Å². The molecule has 0 unspecified atom stereocenters. The topological polar surface area (TPSA) is 64.6 Å². The van der Waals surface area contributed by atoms with Gasteiger partial charge in [0.1, 0.15) is 11.3 Å². The number of ether oxygens (including phenoxy) is 1. The van der Waals surface area contributed by atoms with E-state index in [1.165, 1.54) is 8.05 Å². The number of likely N-dealkylation sites (N-methyl/N-ethyl adjacent to an activating group) is 1. The molecule has 96 valence electrons. The Morgan fingerprint density at radius 2 is 1.94 bits per heavy atom. The molecule has 0 aromatic heterocycles. The van der Waals surface area contributed by atoms with Crippen molar-refractivity contribution in [2.75, 3.05) is 7.05 Å². The van der Waals surface area contributed by atoms with Crippen LogP contribution in [0.25, 0.3) is 0 Å². The lowest BCUT2D eigenvalue weighted by molar-refractivity contribution is -0.147. The van der Waals surface area contributed by atoms with Crippen molar-refractivity contribution in [1.29, 1.82) is 0 Å². The number of hydrogen-bond acceptors (Lipinski definition) is 5. The standard InChI is InChI=1S/C12H16BNO4/c1-12(14-2,11(16)18-13)8-10(15)17-9-6-4-3-5-7-9/h3-7,14H,8,13H2,1-2H3/t12-/m0/s1. The zero-order chi connectivity index (χ0) is 13.6. The van der Waals surface area contributed by atoms with E-state index < -0.39 is 17.5 Å². The summed E-state index contributed by atoms with van der Waals surface area (Å²) in [5.41, 5.74) is -1.08. The summed E-state index contributed by atoms with van der Waals surface area (Å²) in [7, 11) is 2.87. The van der Waals surface area contributed by atoms with Gasteiger partial charge in [0.15, 0.2) is 0 Å². The molecule has 0 amide bonds. The van der Waals surface area contributed by atoms with Gasteiger partial charge < -0.3 is 14.7 Å². The van der Waals surface area contributed by atoms with Crippen LogP contribution >= 0.6 is 0 Å². The molecular weight excluding hydrogens is 233 g/mol. The summed E-state index contributed by atoms with van der Waals surface area (Å²) in [5.74, 6) is -0.552. The molecule has 18 heavy (non-hydrogen) atoms. The fourth-order valence-electron chi connectivity index (χ4n) is 1.43. The average Bonchev–Trinajstić information content (AvgIpc) is 2.38. The highest BCUT2D eigenvalue weighted by Crippen LogP contribution is 2.15. The molecule has 0 bridgehead atoms. The van der Waals surface area contributed by atoms with Gasteiger partial charge in [-0.15, -0.1) is 0 Å². The van der Waals surface area contributed by atoms with Gasteiger partial charge in [-0.2, -0.15) is 0 Å². The molecule has 1 aromatic carbocycles. The highest BCUT2D eigenvalue weighted by atomic mass is 16.5. The Morgan fingerprint density at radius 3 is 2.44 bits per heavy atom. The molecule has 1 N–H and O–H groups in total. The Labute approximate surface area is 107 Å². The van der Waals surface area contributed by atoms with E-state index in [0.29, 0.717) is 5.75 Å². The van der Waals surface area contributed by atoms with Gasteiger partial charge in [0.05, 0.1) is 6.42 Å². The maximum atomic E-state index is 11.7. The average molecular weight is 249 g/mol. The maximum absolute atomic E-state index is 11.7. The normalized spacial score (nSPS) is 13.4. The molecule has 1 atom stereocenters. The summed E-state index contributed by atoms with van der Waals surface area (Å²) < 4.78 is 9.77. The van der Waals surface area contributed by atoms with Crippen LogP contribution in [0.2, 0.25) is 0 Å². The van der Waals surface area contributed by atoms with Crippen LogP contribution in [-0.4, -0.2) is 32.6 Å². The number of esters is 1. The molecule has 5 nitrogen and oxygen atoms in total. The zero-order valence-corrected chi connectivity index (χ0v) is 10.7. The molecule has 0 aliphatic heterocycles. The van der Waals surface area contributed by atoms with Crippen LogP contribution in [0, 0.1) is 0 Å². The third kappa shape index (κ3) is 3.60. The number of rotatable bonds is 5. The Balaban J connectivity index is 2.66. The van der Waals surface area contributed by atoms with Gasteiger partial charge in [0.25, 0.3) is 0 Å². The molecule has 6 heteroatoms. The molecule has 0 fully saturated rings. The van der Waals surface area contributed by atoms with Gasteiger partial charge in [0, 0.05) is 0 Å². The molecule has 0 aliphatic carbocycles. The number of hydrogen-bond donors (Lipinski definition) is 1. The van der Waals surface area contributed by atoms with Gasteiger partial charge in [0.2, 0.25) is 0 Å². The quantitative estimate of drug-likeness (QED) is 0.454. The number of para-hydroxylation sites is 1.